The molecule has 0 aliphatic carbocycles. The van der Waals surface area contributed by atoms with Gasteiger partial charge in [0.15, 0.2) is 0 Å². The van der Waals surface area contributed by atoms with E-state index in [1.165, 1.54) is 69.2 Å². The molecule has 0 bridgehead atoms. The molecule has 0 aromatic heterocycles. The number of hydrogen-bond acceptors (Lipinski definition) is 0. The summed E-state index contributed by atoms with van der Waals surface area (Å²) in [6.45, 7) is 6.00. The topological polar surface area (TPSA) is 0 Å². The fourth-order valence-corrected chi connectivity index (χ4v) is 2.81. The zero-order valence-corrected chi connectivity index (χ0v) is 9.61. The highest BCUT2D eigenvalue weighted by Gasteiger charge is 2.30. The van der Waals surface area contributed by atoms with Gasteiger partial charge in [-0.2, -0.15) is 0 Å². The second kappa shape index (κ2) is 7.93. The maximum Gasteiger partial charge on any atom is 0.762 e. The molecule has 1 nitrogen and oxygen atoms in total. The lowest BCUT2D eigenvalue weighted by molar-refractivity contribution is -0.936. The van der Waals surface area contributed by atoms with Crippen molar-refractivity contribution in [2.24, 2.45) is 0 Å². The van der Waals surface area contributed by atoms with Gasteiger partial charge in [-0.15, -0.1) is 0 Å². The minimum atomic E-state index is -3.67. The van der Waals surface area contributed by atoms with Crippen LogP contribution in [0.25, 0.3) is 0 Å². The van der Waals surface area contributed by atoms with Crippen LogP contribution in [0.15, 0.2) is 0 Å². The molecule has 0 amide bonds. The van der Waals surface area contributed by atoms with Crippen LogP contribution < -0.4 is 4.70 Å². The third-order valence-corrected chi connectivity index (χ3v) is 3.53. The van der Waals surface area contributed by atoms with Gasteiger partial charge in [0.25, 0.3) is 0 Å². The highest BCUT2D eigenvalue weighted by Crippen LogP contribution is 2.24. The molecule has 96 valence electrons. The molecule has 2 heterocycles. The van der Waals surface area contributed by atoms with Crippen molar-refractivity contribution >= 4 is 7.54 Å². The van der Waals surface area contributed by atoms with Gasteiger partial charge in [0.05, 0.1) is 26.2 Å². The predicted octanol–water partition coefficient (Wildman–Crippen LogP) is 0.0548. The van der Waals surface area contributed by atoms with Crippen molar-refractivity contribution in [2.75, 3.05) is 26.2 Å². The van der Waals surface area contributed by atoms with E-state index in [1.807, 2.05) is 0 Å². The number of rotatable bonds is 0. The number of quaternary nitrogens is 1. The van der Waals surface area contributed by atoms with Crippen LogP contribution in [-0.4, -0.2) is 38.2 Å². The van der Waals surface area contributed by atoms with E-state index in [0.717, 1.165) is 0 Å². The van der Waals surface area contributed by atoms with E-state index in [2.05, 4.69) is 0 Å². The summed E-state index contributed by atoms with van der Waals surface area (Å²) < 4.78 is 30.5. The Kier molecular flexibility index (Phi) is 7.80. The second-order valence-corrected chi connectivity index (χ2v) is 4.60. The van der Waals surface area contributed by atoms with Crippen molar-refractivity contribution in [3.63, 3.8) is 0 Å². The Hall–Kier alpha value is -0.255. The van der Waals surface area contributed by atoms with Crippen LogP contribution in [-0.2, 0) is 0 Å². The summed E-state index contributed by atoms with van der Waals surface area (Å²) in [7, 11) is -3.67. The number of nitrogens with zero attached hydrogens (tertiary/aromatic N) is 1. The summed E-state index contributed by atoms with van der Waals surface area (Å²) in [5, 5.41) is 0. The largest absolute Gasteiger partial charge is 1.00 e. The van der Waals surface area contributed by atoms with Gasteiger partial charge >= 0.3 is 7.54 Å². The fraction of sp³-hybridized carbons (Fsp3) is 1.00. The molecule has 2 saturated heterocycles. The van der Waals surface area contributed by atoms with Gasteiger partial charge in [-0.25, -0.2) is 0 Å². The van der Waals surface area contributed by atoms with E-state index in [4.69, 9.17) is 0 Å². The van der Waals surface area contributed by atoms with Gasteiger partial charge in [0, 0.05) is 0 Å². The Morgan fingerprint density at radius 1 is 0.625 bits per heavy atom. The highest BCUT2D eigenvalue weighted by atomic mass is 19.4. The minimum Gasteiger partial charge on any atom is -1.00 e. The van der Waals surface area contributed by atoms with Crippen molar-refractivity contribution in [3.8, 4) is 0 Å². The molecule has 2 rings (SSSR count). The van der Waals surface area contributed by atoms with Gasteiger partial charge in [-0.05, 0) is 38.5 Å². The lowest BCUT2D eigenvalue weighted by atomic mass is 10.0. The Balaban J connectivity index is 0.000000397. The van der Waals surface area contributed by atoms with Gasteiger partial charge in [0.2, 0.25) is 0 Å². The van der Waals surface area contributed by atoms with Crippen LogP contribution in [0.2, 0.25) is 0 Å². The van der Waals surface area contributed by atoms with E-state index in [0.29, 0.717) is 0 Å². The zero-order valence-electron chi connectivity index (χ0n) is 9.61. The molecule has 6 heteroatoms. The normalized spacial score (nSPS) is 22.7. The summed E-state index contributed by atoms with van der Waals surface area (Å²) in [5.74, 6) is 0. The fourth-order valence-electron chi connectivity index (χ4n) is 2.81. The molecule has 0 radical (unpaired) electrons. The molecule has 1 spiro atoms. The van der Waals surface area contributed by atoms with Crippen LogP contribution >= 0.6 is 0 Å². The smallest absolute Gasteiger partial charge is 0.762 e. The molecule has 0 N–H and O–H groups in total. The number of halogens is 4. The Morgan fingerprint density at radius 3 is 1.12 bits per heavy atom. The van der Waals surface area contributed by atoms with Crippen molar-refractivity contribution < 1.29 is 22.1 Å². The maximum atomic E-state index is 9.67. The highest BCUT2D eigenvalue weighted by molar-refractivity contribution is 6.33. The van der Waals surface area contributed by atoms with E-state index >= 15 is 0 Å². The number of piperidine rings is 2. The maximum absolute atomic E-state index is 9.67. The van der Waals surface area contributed by atoms with E-state index in [1.54, 1.807) is 0 Å². The molecule has 16 heavy (non-hydrogen) atoms. The van der Waals surface area contributed by atoms with Crippen molar-refractivity contribution in [3.05, 3.63) is 0 Å². The summed E-state index contributed by atoms with van der Waals surface area (Å²) in [6, 6.07) is 0. The lowest BCUT2D eigenvalue weighted by Crippen LogP contribution is -3.00. The molecular weight excluding hydrogens is 221 g/mol. The molecule has 0 saturated carbocycles. The van der Waals surface area contributed by atoms with E-state index < -0.39 is 7.54 Å². The van der Waals surface area contributed by atoms with Crippen LogP contribution in [0.5, 0.6) is 0 Å². The Bertz CT molecular complexity index is 146. The van der Waals surface area contributed by atoms with E-state index in [9.17, 15) is 12.9 Å². The first-order valence-electron chi connectivity index (χ1n) is 5.92. The first-order valence-corrected chi connectivity index (χ1v) is 5.92. The SMILES string of the molecule is C1CC[N+]2(CC1)CCCCC2.FB(F)F.[F-]. The molecular formula is C10H20BF4N. The molecule has 0 aromatic carbocycles. The molecule has 0 unspecified atom stereocenters. The minimum absolute atomic E-state index is 0. The molecule has 2 aliphatic rings. The first-order chi connectivity index (χ1) is 7.15. The molecule has 0 atom stereocenters. The van der Waals surface area contributed by atoms with Crippen molar-refractivity contribution in [1.29, 1.82) is 0 Å². The molecule has 0 aromatic rings. The predicted molar refractivity (Wildman–Crippen MR) is 56.5 cm³/mol. The van der Waals surface area contributed by atoms with Gasteiger partial charge < -0.3 is 9.19 Å². The van der Waals surface area contributed by atoms with Crippen LogP contribution in [0.1, 0.15) is 38.5 Å². The summed E-state index contributed by atoms with van der Waals surface area (Å²) in [4.78, 5) is 0. The lowest BCUT2D eigenvalue weighted by Gasteiger charge is -2.44. The number of hydrogen-bond donors (Lipinski definition) is 0. The summed E-state index contributed by atoms with van der Waals surface area (Å²) >= 11 is 0. The Labute approximate surface area is 95.2 Å². The monoisotopic (exact) mass is 241 g/mol. The average Bonchev–Trinajstić information content (AvgIpc) is 2.19. The van der Waals surface area contributed by atoms with Crippen LogP contribution in [0, 0.1) is 0 Å². The third kappa shape index (κ3) is 5.73. The quantitative estimate of drug-likeness (QED) is 0.319. The van der Waals surface area contributed by atoms with Crippen molar-refractivity contribution in [1.82, 2.24) is 0 Å². The Morgan fingerprint density at radius 2 is 0.875 bits per heavy atom. The van der Waals surface area contributed by atoms with Gasteiger partial charge in [-0.3, -0.25) is 12.9 Å². The van der Waals surface area contributed by atoms with Gasteiger partial charge in [0.1, 0.15) is 0 Å². The molecule has 2 aliphatic heterocycles. The summed E-state index contributed by atoms with van der Waals surface area (Å²) in [6.07, 6.45) is 9.00. The summed E-state index contributed by atoms with van der Waals surface area (Å²) in [5.41, 5.74) is 0. The zero-order chi connectivity index (χ0) is 11.1. The van der Waals surface area contributed by atoms with E-state index in [-0.39, 0.29) is 4.70 Å². The standard InChI is InChI=1S/C10H20N.BF3.FH/c1-3-7-11(8-4-1)9-5-2-6-10-11;2-1(3)4;/h1-10H2;;1H/q+1;;/p-1. The first kappa shape index (κ1) is 15.7. The van der Waals surface area contributed by atoms with Crippen molar-refractivity contribution in [2.45, 2.75) is 38.5 Å². The molecule has 2 fully saturated rings. The van der Waals surface area contributed by atoms with Crippen LogP contribution in [0.4, 0.5) is 12.9 Å². The second-order valence-electron chi connectivity index (χ2n) is 4.60. The van der Waals surface area contributed by atoms with Crippen LogP contribution in [0.3, 0.4) is 0 Å². The van der Waals surface area contributed by atoms with Gasteiger partial charge in [-0.1, -0.05) is 0 Å². The third-order valence-electron chi connectivity index (χ3n) is 3.53. The average molecular weight is 241 g/mol.